The molecule has 0 heterocycles. The number of aryl methyl sites for hydroxylation is 2. The third-order valence-corrected chi connectivity index (χ3v) is 2.97. The van der Waals surface area contributed by atoms with Gasteiger partial charge in [-0.1, -0.05) is 23.8 Å². The molecule has 0 aromatic heterocycles. The minimum Gasteiger partial charge on any atom is -0.406 e. The van der Waals surface area contributed by atoms with Crippen molar-refractivity contribution in [2.45, 2.75) is 20.2 Å². The number of hydrogen-bond acceptors (Lipinski definition) is 2. The summed E-state index contributed by atoms with van der Waals surface area (Å²) in [5, 5.41) is 8.97. The van der Waals surface area contributed by atoms with E-state index in [9.17, 15) is 13.2 Å². The van der Waals surface area contributed by atoms with Gasteiger partial charge in [-0.3, -0.25) is 0 Å². The Bertz CT molecular complexity index is 714. The predicted octanol–water partition coefficient (Wildman–Crippen LogP) is 4.74. The first-order valence-corrected chi connectivity index (χ1v) is 6.17. The molecule has 0 saturated heterocycles. The van der Waals surface area contributed by atoms with E-state index < -0.39 is 12.1 Å². The van der Waals surface area contributed by atoms with Crippen LogP contribution in [0, 0.1) is 25.2 Å². The average molecular weight is 291 g/mol. The largest absolute Gasteiger partial charge is 0.573 e. The van der Waals surface area contributed by atoms with Crippen molar-refractivity contribution in [3.63, 3.8) is 0 Å². The fourth-order valence-corrected chi connectivity index (χ4v) is 2.06. The number of nitrogens with zero attached hydrogens (tertiary/aromatic N) is 1. The second-order valence-electron chi connectivity index (χ2n) is 4.72. The van der Waals surface area contributed by atoms with Gasteiger partial charge in [-0.15, -0.1) is 13.2 Å². The Balaban J connectivity index is 2.56. The number of ether oxygens (including phenoxy) is 1. The molecule has 0 amide bonds. The van der Waals surface area contributed by atoms with Crippen LogP contribution < -0.4 is 4.74 Å². The second kappa shape index (κ2) is 5.49. The fourth-order valence-electron chi connectivity index (χ4n) is 2.06. The zero-order chi connectivity index (χ0) is 15.6. The second-order valence-corrected chi connectivity index (χ2v) is 4.72. The number of alkyl halides is 3. The van der Waals surface area contributed by atoms with Gasteiger partial charge in [-0.2, -0.15) is 5.26 Å². The van der Waals surface area contributed by atoms with Crippen molar-refractivity contribution in [1.82, 2.24) is 0 Å². The van der Waals surface area contributed by atoms with Gasteiger partial charge >= 0.3 is 6.36 Å². The molecule has 0 unspecified atom stereocenters. The molecule has 0 aliphatic heterocycles. The molecule has 2 aromatic rings. The molecule has 21 heavy (non-hydrogen) atoms. The summed E-state index contributed by atoms with van der Waals surface area (Å²) in [5.74, 6) is -0.391. The summed E-state index contributed by atoms with van der Waals surface area (Å²) in [7, 11) is 0. The average Bonchev–Trinajstić information content (AvgIpc) is 2.39. The minimum absolute atomic E-state index is 0.118. The molecule has 0 saturated carbocycles. The van der Waals surface area contributed by atoms with Crippen molar-refractivity contribution in [2.24, 2.45) is 0 Å². The Morgan fingerprint density at radius 1 is 1.05 bits per heavy atom. The molecule has 2 rings (SSSR count). The van der Waals surface area contributed by atoms with Gasteiger partial charge in [0.25, 0.3) is 0 Å². The fraction of sp³-hybridized carbons (Fsp3) is 0.188. The van der Waals surface area contributed by atoms with Crippen LogP contribution in [0.3, 0.4) is 0 Å². The highest BCUT2D eigenvalue weighted by Crippen LogP contribution is 2.31. The lowest BCUT2D eigenvalue weighted by molar-refractivity contribution is -0.274. The van der Waals surface area contributed by atoms with E-state index in [2.05, 4.69) is 4.74 Å². The lowest BCUT2D eigenvalue weighted by Crippen LogP contribution is -2.17. The van der Waals surface area contributed by atoms with E-state index in [1.807, 2.05) is 38.1 Å². The minimum atomic E-state index is -4.78. The number of hydrogen-bond donors (Lipinski definition) is 0. The topological polar surface area (TPSA) is 33.0 Å². The van der Waals surface area contributed by atoms with E-state index in [0.29, 0.717) is 5.56 Å². The summed E-state index contributed by atoms with van der Waals surface area (Å²) >= 11 is 0. The van der Waals surface area contributed by atoms with Crippen LogP contribution in [0.2, 0.25) is 0 Å². The lowest BCUT2D eigenvalue weighted by atomic mass is 9.97. The molecule has 0 radical (unpaired) electrons. The van der Waals surface area contributed by atoms with Gasteiger partial charge in [-0.25, -0.2) is 0 Å². The number of nitriles is 1. The molecule has 0 spiro atoms. The Hall–Kier alpha value is -2.48. The van der Waals surface area contributed by atoms with Crippen molar-refractivity contribution in [1.29, 1.82) is 5.26 Å². The molecule has 0 fully saturated rings. The monoisotopic (exact) mass is 291 g/mol. The molecule has 0 N–H and O–H groups in total. The van der Waals surface area contributed by atoms with Crippen LogP contribution in [0.25, 0.3) is 11.1 Å². The molecular formula is C16H12F3NO. The van der Waals surface area contributed by atoms with Crippen molar-refractivity contribution < 1.29 is 17.9 Å². The highest BCUT2D eigenvalue weighted by Gasteiger charge is 2.31. The van der Waals surface area contributed by atoms with E-state index in [4.69, 9.17) is 5.26 Å². The SMILES string of the molecule is Cc1ccc(C)c(-c2cc(C#N)cc(OC(F)(F)F)c2)c1. The smallest absolute Gasteiger partial charge is 0.406 e. The lowest BCUT2D eigenvalue weighted by Gasteiger charge is -2.12. The van der Waals surface area contributed by atoms with Gasteiger partial charge in [0, 0.05) is 0 Å². The molecular weight excluding hydrogens is 279 g/mol. The molecule has 108 valence electrons. The van der Waals surface area contributed by atoms with Gasteiger partial charge in [0.1, 0.15) is 5.75 Å². The summed E-state index contributed by atoms with van der Waals surface area (Å²) in [6.07, 6.45) is -4.78. The van der Waals surface area contributed by atoms with Crippen LogP contribution >= 0.6 is 0 Å². The third-order valence-electron chi connectivity index (χ3n) is 2.97. The van der Waals surface area contributed by atoms with Gasteiger partial charge in [0.05, 0.1) is 11.6 Å². The first-order valence-electron chi connectivity index (χ1n) is 6.17. The Labute approximate surface area is 120 Å². The van der Waals surface area contributed by atoms with E-state index in [1.165, 1.54) is 6.07 Å². The normalized spacial score (nSPS) is 11.0. The van der Waals surface area contributed by atoms with Crippen LogP contribution in [0.5, 0.6) is 5.75 Å². The summed E-state index contributed by atoms with van der Waals surface area (Å²) in [4.78, 5) is 0. The number of rotatable bonds is 2. The first-order chi connectivity index (χ1) is 9.78. The molecule has 0 bridgehead atoms. The van der Waals surface area contributed by atoms with Crippen molar-refractivity contribution in [2.75, 3.05) is 0 Å². The van der Waals surface area contributed by atoms with Crippen molar-refractivity contribution >= 4 is 0 Å². The number of benzene rings is 2. The summed E-state index contributed by atoms with van der Waals surface area (Å²) in [6.45, 7) is 3.75. The maximum Gasteiger partial charge on any atom is 0.573 e. The predicted molar refractivity (Wildman–Crippen MR) is 72.8 cm³/mol. The molecule has 2 nitrogen and oxygen atoms in total. The third kappa shape index (κ3) is 3.76. The van der Waals surface area contributed by atoms with Gasteiger partial charge in [0.2, 0.25) is 0 Å². The zero-order valence-corrected chi connectivity index (χ0v) is 11.5. The van der Waals surface area contributed by atoms with Crippen LogP contribution in [0.15, 0.2) is 36.4 Å². The van der Waals surface area contributed by atoms with E-state index in [0.717, 1.165) is 22.8 Å². The highest BCUT2D eigenvalue weighted by atomic mass is 19.4. The maximum absolute atomic E-state index is 12.3. The molecule has 5 heteroatoms. The van der Waals surface area contributed by atoms with E-state index in [-0.39, 0.29) is 5.56 Å². The quantitative estimate of drug-likeness (QED) is 0.800. The standard InChI is InChI=1S/C16H12F3NO/c1-10-3-4-11(2)15(5-10)13-6-12(9-20)7-14(8-13)21-16(17,18)19/h3-8H,1-2H3. The summed E-state index contributed by atoms with van der Waals surface area (Å²) in [6, 6.07) is 11.4. The van der Waals surface area contributed by atoms with Crippen molar-refractivity contribution in [3.05, 3.63) is 53.1 Å². The van der Waals surface area contributed by atoms with Gasteiger partial charge < -0.3 is 4.74 Å². The van der Waals surface area contributed by atoms with Crippen molar-refractivity contribution in [3.8, 4) is 22.9 Å². The van der Waals surface area contributed by atoms with Crippen LogP contribution in [0.4, 0.5) is 13.2 Å². The Morgan fingerprint density at radius 3 is 2.38 bits per heavy atom. The first kappa shape index (κ1) is 14.9. The van der Waals surface area contributed by atoms with E-state index in [1.54, 1.807) is 6.07 Å². The zero-order valence-electron chi connectivity index (χ0n) is 11.5. The van der Waals surface area contributed by atoms with Gasteiger partial charge in [0.15, 0.2) is 0 Å². The molecule has 0 atom stereocenters. The Kier molecular flexibility index (Phi) is 3.90. The Morgan fingerprint density at radius 2 is 1.76 bits per heavy atom. The molecule has 2 aromatic carbocycles. The highest BCUT2D eigenvalue weighted by molar-refractivity contribution is 5.71. The number of halogens is 3. The van der Waals surface area contributed by atoms with Crippen LogP contribution in [-0.2, 0) is 0 Å². The summed E-state index contributed by atoms with van der Waals surface area (Å²) < 4.78 is 41.0. The van der Waals surface area contributed by atoms with E-state index >= 15 is 0 Å². The molecule has 0 aliphatic rings. The van der Waals surface area contributed by atoms with Crippen LogP contribution in [-0.4, -0.2) is 6.36 Å². The molecule has 0 aliphatic carbocycles. The van der Waals surface area contributed by atoms with Gasteiger partial charge in [-0.05, 0) is 48.7 Å². The summed E-state index contributed by atoms with van der Waals surface area (Å²) in [5.41, 5.74) is 3.31. The van der Waals surface area contributed by atoms with Crippen LogP contribution in [0.1, 0.15) is 16.7 Å². The maximum atomic E-state index is 12.3.